The van der Waals surface area contributed by atoms with E-state index in [2.05, 4.69) is 5.32 Å². The SMILES string of the molecule is CCCNC(N)=O.F[P-](F)(F)(F)(F)F.[H+]. The Morgan fingerprint density at radius 1 is 1.29 bits per heavy atom. The number of carbonyl (C=O) groups excluding carboxylic acids is 1. The number of primary amides is 1. The molecule has 0 saturated carbocycles. The summed E-state index contributed by atoms with van der Waals surface area (Å²) in [5, 5.41) is 2.43. The fourth-order valence-corrected chi connectivity index (χ4v) is 0.248. The normalized spacial score (nSPS) is 15.6. The van der Waals surface area contributed by atoms with Gasteiger partial charge in [-0.1, -0.05) is 6.92 Å². The number of hydrogen-bond donors (Lipinski definition) is 2. The van der Waals surface area contributed by atoms with Gasteiger partial charge in [0.25, 0.3) is 0 Å². The van der Waals surface area contributed by atoms with Gasteiger partial charge in [0, 0.05) is 6.54 Å². The second kappa shape index (κ2) is 3.80. The Morgan fingerprint density at radius 2 is 1.57 bits per heavy atom. The van der Waals surface area contributed by atoms with Crippen LogP contribution in [0.25, 0.3) is 0 Å². The topological polar surface area (TPSA) is 55.1 Å². The number of urea groups is 1. The first kappa shape index (κ1) is 15.7. The van der Waals surface area contributed by atoms with E-state index < -0.39 is 13.8 Å². The third-order valence-corrected chi connectivity index (χ3v) is 0.549. The minimum Gasteiger partial charge on any atom is 1.00 e. The van der Waals surface area contributed by atoms with Gasteiger partial charge in [-0.25, -0.2) is 4.79 Å². The van der Waals surface area contributed by atoms with E-state index in [4.69, 9.17) is 5.73 Å². The largest absolute Gasteiger partial charge is 1.00 e. The van der Waals surface area contributed by atoms with E-state index in [-0.39, 0.29) is 1.43 Å². The van der Waals surface area contributed by atoms with Crippen molar-refractivity contribution in [3.05, 3.63) is 0 Å². The summed E-state index contributed by atoms with van der Waals surface area (Å²) >= 11 is 0. The molecule has 3 nitrogen and oxygen atoms in total. The predicted molar refractivity (Wildman–Crippen MR) is 42.6 cm³/mol. The molecule has 0 spiro atoms. The van der Waals surface area contributed by atoms with Crippen molar-refractivity contribution < 1.29 is 31.4 Å². The number of nitrogens with two attached hydrogens (primary N) is 1. The molecule has 2 amide bonds. The molecule has 0 bridgehead atoms. The Hall–Kier alpha value is -0.720. The summed E-state index contributed by atoms with van der Waals surface area (Å²) in [7, 11) is -10.7. The van der Waals surface area contributed by atoms with Crippen LogP contribution in [0.3, 0.4) is 0 Å². The summed E-state index contributed by atoms with van der Waals surface area (Å²) in [6.07, 6.45) is 0.933. The maximum absolute atomic E-state index is 10.7. The van der Waals surface area contributed by atoms with Crippen LogP contribution in [-0.2, 0) is 0 Å². The molecule has 0 aliphatic heterocycles. The van der Waals surface area contributed by atoms with Gasteiger partial charge in [0.1, 0.15) is 0 Å². The predicted octanol–water partition coefficient (Wildman–Crippen LogP) is 3.56. The van der Waals surface area contributed by atoms with Gasteiger partial charge >= 0.3 is 40.4 Å². The maximum Gasteiger partial charge on any atom is 1.00 e. The van der Waals surface area contributed by atoms with Gasteiger partial charge < -0.3 is 11.1 Å². The van der Waals surface area contributed by atoms with Crippen molar-refractivity contribution in [2.75, 3.05) is 6.54 Å². The zero-order valence-corrected chi connectivity index (χ0v) is 8.01. The second-order valence-corrected chi connectivity index (χ2v) is 4.17. The number of rotatable bonds is 2. The number of halogens is 6. The fourth-order valence-electron chi connectivity index (χ4n) is 0.248. The van der Waals surface area contributed by atoms with Crippen LogP contribution in [0.2, 0.25) is 0 Å². The summed E-state index contributed by atoms with van der Waals surface area (Å²) in [6.45, 7) is 2.64. The van der Waals surface area contributed by atoms with E-state index >= 15 is 0 Å². The van der Waals surface area contributed by atoms with Crippen molar-refractivity contribution in [1.82, 2.24) is 5.32 Å². The maximum atomic E-state index is 9.87. The fraction of sp³-hybridized carbons (Fsp3) is 0.750. The van der Waals surface area contributed by atoms with Gasteiger partial charge in [0.05, 0.1) is 0 Å². The minimum absolute atomic E-state index is 0. The molecule has 90 valence electrons. The average molecular weight is 248 g/mol. The number of amides is 2. The van der Waals surface area contributed by atoms with Crippen molar-refractivity contribution in [2.24, 2.45) is 5.73 Å². The Bertz CT molecular complexity index is 191. The molecule has 0 aromatic carbocycles. The zero-order chi connectivity index (χ0) is 12.1. The van der Waals surface area contributed by atoms with Crippen molar-refractivity contribution in [2.45, 2.75) is 13.3 Å². The van der Waals surface area contributed by atoms with Crippen LogP contribution in [0.1, 0.15) is 14.8 Å². The van der Waals surface area contributed by atoms with Crippen molar-refractivity contribution in [3.8, 4) is 0 Å². The number of carbonyl (C=O) groups is 1. The van der Waals surface area contributed by atoms with Gasteiger partial charge in [-0.15, -0.1) is 0 Å². The Labute approximate surface area is 77.4 Å². The Balaban J connectivity index is -0.000000180. The van der Waals surface area contributed by atoms with Crippen LogP contribution in [-0.4, -0.2) is 12.6 Å². The molecule has 0 aliphatic carbocycles. The Kier molecular flexibility index (Phi) is 4.27. The summed E-state index contributed by atoms with van der Waals surface area (Å²) in [4.78, 5) is 9.87. The Morgan fingerprint density at radius 3 is 1.64 bits per heavy atom. The molecule has 0 rings (SSSR count). The zero-order valence-electron chi connectivity index (χ0n) is 8.11. The number of nitrogens with one attached hydrogen (secondary N) is 1. The summed E-state index contributed by atoms with van der Waals surface area (Å²) < 4.78 is 59.2. The van der Waals surface area contributed by atoms with Gasteiger partial charge in [-0.05, 0) is 6.42 Å². The third kappa shape index (κ3) is 111. The van der Waals surface area contributed by atoms with Crippen LogP contribution in [0.15, 0.2) is 0 Å². The van der Waals surface area contributed by atoms with Gasteiger partial charge in [-0.3, -0.25) is 0 Å². The molecular formula is C4H11F6N2OP. The molecule has 10 heteroatoms. The van der Waals surface area contributed by atoms with Crippen molar-refractivity contribution >= 4 is 13.8 Å². The van der Waals surface area contributed by atoms with E-state index in [1.807, 2.05) is 6.92 Å². The molecule has 0 heterocycles. The quantitative estimate of drug-likeness (QED) is 0.569. The van der Waals surface area contributed by atoms with Crippen LogP contribution >= 0.6 is 7.81 Å². The van der Waals surface area contributed by atoms with Gasteiger partial charge in [0.15, 0.2) is 0 Å². The molecule has 0 unspecified atom stereocenters. The average Bonchev–Trinajstić information content (AvgIpc) is 1.75. The second-order valence-electron chi connectivity index (χ2n) is 2.25. The molecule has 0 saturated heterocycles. The van der Waals surface area contributed by atoms with Crippen molar-refractivity contribution in [3.63, 3.8) is 0 Å². The number of hydrogen-bond acceptors (Lipinski definition) is 1. The van der Waals surface area contributed by atoms with Gasteiger partial charge in [0.2, 0.25) is 0 Å². The first-order valence-corrected chi connectivity index (χ1v) is 5.35. The standard InChI is InChI=1S/C4H10N2O.F6P/c1-2-3-6-4(5)7;1-7(2,3,4,5)6/h2-3H2,1H3,(H3,5,6,7);/q;-1/p+1. The molecule has 14 heavy (non-hydrogen) atoms. The van der Waals surface area contributed by atoms with Crippen LogP contribution in [0, 0.1) is 0 Å². The molecule has 3 N–H and O–H groups in total. The van der Waals surface area contributed by atoms with E-state index in [0.29, 0.717) is 6.54 Å². The minimum atomic E-state index is -10.7. The smallest absolute Gasteiger partial charge is 1.00 e. The van der Waals surface area contributed by atoms with Crippen LogP contribution in [0.4, 0.5) is 30.0 Å². The molecule has 0 aromatic heterocycles. The molecule has 0 radical (unpaired) electrons. The first-order valence-electron chi connectivity index (χ1n) is 3.32. The van der Waals surface area contributed by atoms with Crippen molar-refractivity contribution in [1.29, 1.82) is 0 Å². The molecule has 0 atom stereocenters. The van der Waals surface area contributed by atoms with E-state index in [1.54, 1.807) is 0 Å². The summed E-state index contributed by atoms with van der Waals surface area (Å²) in [5.74, 6) is 0. The molecular weight excluding hydrogens is 237 g/mol. The van der Waals surface area contributed by atoms with Gasteiger partial charge in [-0.2, -0.15) is 0 Å². The first-order chi connectivity index (χ1) is 5.72. The summed E-state index contributed by atoms with van der Waals surface area (Å²) in [6, 6.07) is -0.443. The van der Waals surface area contributed by atoms with Crippen LogP contribution in [0.5, 0.6) is 0 Å². The molecule has 0 fully saturated rings. The van der Waals surface area contributed by atoms with Crippen LogP contribution < -0.4 is 11.1 Å². The monoisotopic (exact) mass is 248 g/mol. The van der Waals surface area contributed by atoms with E-state index in [9.17, 15) is 30.0 Å². The molecule has 0 aromatic rings. The van der Waals surface area contributed by atoms with E-state index in [1.165, 1.54) is 0 Å². The van der Waals surface area contributed by atoms with E-state index in [0.717, 1.165) is 6.42 Å². The molecule has 0 aliphatic rings. The third-order valence-electron chi connectivity index (χ3n) is 0.549. The summed E-state index contributed by atoms with van der Waals surface area (Å²) in [5.41, 5.74) is 4.73.